The maximum absolute atomic E-state index is 13.5. The molecule has 0 atom stereocenters. The first-order valence-corrected chi connectivity index (χ1v) is 10.6. The first kappa shape index (κ1) is 21.0. The lowest BCUT2D eigenvalue weighted by molar-refractivity contribution is -0.120. The lowest BCUT2D eigenvalue weighted by atomic mass is 10.1. The van der Waals surface area contributed by atoms with Crippen LogP contribution < -0.4 is 19.7 Å². The third-order valence-electron chi connectivity index (χ3n) is 4.92. The van der Waals surface area contributed by atoms with Gasteiger partial charge in [-0.05, 0) is 48.2 Å². The average Bonchev–Trinajstić information content (AvgIpc) is 3.37. The van der Waals surface area contributed by atoms with Crippen molar-refractivity contribution in [2.45, 2.75) is 6.92 Å². The van der Waals surface area contributed by atoms with E-state index < -0.39 is 11.8 Å². The maximum atomic E-state index is 13.5. The Kier molecular flexibility index (Phi) is 5.71. The van der Waals surface area contributed by atoms with Gasteiger partial charge in [-0.1, -0.05) is 23.7 Å². The summed E-state index contributed by atoms with van der Waals surface area (Å²) in [5, 5.41) is 5.53. The van der Waals surface area contributed by atoms with Crippen molar-refractivity contribution in [2.24, 2.45) is 0 Å². The summed E-state index contributed by atoms with van der Waals surface area (Å²) >= 11 is 7.63. The summed E-state index contributed by atoms with van der Waals surface area (Å²) in [5.74, 6) is -0.0511. The van der Waals surface area contributed by atoms with E-state index >= 15 is 0 Å². The number of nitrogens with one attached hydrogen (secondary N) is 1. The third-order valence-corrected chi connectivity index (χ3v) is 6.21. The van der Waals surface area contributed by atoms with Crippen LogP contribution in [0.25, 0.3) is 5.57 Å². The largest absolute Gasteiger partial charge is 0.497 e. The van der Waals surface area contributed by atoms with E-state index in [1.165, 1.54) is 25.6 Å². The molecule has 1 aliphatic heterocycles. The number of anilines is 2. The van der Waals surface area contributed by atoms with E-state index in [1.54, 1.807) is 30.3 Å². The molecule has 158 valence electrons. The number of methoxy groups -OCH3 is 2. The topological polar surface area (TPSA) is 67.9 Å². The predicted octanol–water partition coefficient (Wildman–Crippen LogP) is 5.12. The molecule has 2 heterocycles. The van der Waals surface area contributed by atoms with Crippen molar-refractivity contribution in [1.29, 1.82) is 0 Å². The van der Waals surface area contributed by atoms with E-state index in [9.17, 15) is 9.59 Å². The number of carbonyl (C=O) groups excluding carboxylic acids is 2. The van der Waals surface area contributed by atoms with Gasteiger partial charge in [0.25, 0.3) is 11.8 Å². The number of nitrogens with zero attached hydrogens (tertiary/aromatic N) is 1. The second kappa shape index (κ2) is 8.45. The summed E-state index contributed by atoms with van der Waals surface area (Å²) < 4.78 is 10.7. The Morgan fingerprint density at radius 1 is 1.00 bits per heavy atom. The van der Waals surface area contributed by atoms with Crippen LogP contribution in [0.2, 0.25) is 5.02 Å². The second-order valence-corrected chi connectivity index (χ2v) is 8.15. The minimum Gasteiger partial charge on any atom is -0.497 e. The van der Waals surface area contributed by atoms with Gasteiger partial charge in [-0.2, -0.15) is 0 Å². The molecule has 31 heavy (non-hydrogen) atoms. The highest BCUT2D eigenvalue weighted by Gasteiger charge is 2.42. The van der Waals surface area contributed by atoms with Crippen molar-refractivity contribution in [3.8, 4) is 11.5 Å². The minimum absolute atomic E-state index is 0.178. The molecule has 2 aromatic carbocycles. The predicted molar refractivity (Wildman–Crippen MR) is 123 cm³/mol. The van der Waals surface area contributed by atoms with Crippen LogP contribution in [0, 0.1) is 6.92 Å². The molecule has 0 unspecified atom stereocenters. The molecule has 4 rings (SSSR count). The van der Waals surface area contributed by atoms with Crippen LogP contribution in [-0.2, 0) is 9.59 Å². The smallest absolute Gasteiger partial charge is 0.282 e. The highest BCUT2D eigenvalue weighted by atomic mass is 35.5. The van der Waals surface area contributed by atoms with Gasteiger partial charge in [0.05, 0.1) is 25.5 Å². The molecular weight excluding hydrogens is 436 g/mol. The Bertz CT molecular complexity index is 1200. The van der Waals surface area contributed by atoms with Crippen LogP contribution in [-0.4, -0.2) is 26.0 Å². The molecule has 1 aliphatic rings. The fraction of sp³-hybridized carbons (Fsp3) is 0.130. The molecule has 0 fully saturated rings. The van der Waals surface area contributed by atoms with Crippen molar-refractivity contribution in [3.05, 3.63) is 75.1 Å². The summed E-state index contributed by atoms with van der Waals surface area (Å²) in [7, 11) is 3.00. The van der Waals surface area contributed by atoms with Gasteiger partial charge < -0.3 is 14.8 Å². The number of hydrogen-bond donors (Lipinski definition) is 1. The molecule has 6 nitrogen and oxygen atoms in total. The number of hydrogen-bond acceptors (Lipinski definition) is 6. The zero-order chi connectivity index (χ0) is 22.1. The monoisotopic (exact) mass is 454 g/mol. The van der Waals surface area contributed by atoms with Crippen LogP contribution in [0.15, 0.2) is 59.6 Å². The number of carbonyl (C=O) groups is 2. The lowest BCUT2D eigenvalue weighted by Gasteiger charge is -2.19. The van der Waals surface area contributed by atoms with Crippen molar-refractivity contribution in [3.63, 3.8) is 0 Å². The van der Waals surface area contributed by atoms with Gasteiger partial charge in [0, 0.05) is 21.7 Å². The minimum atomic E-state index is -0.489. The van der Waals surface area contributed by atoms with Gasteiger partial charge in [-0.3, -0.25) is 9.59 Å². The number of aryl methyl sites for hydroxylation is 1. The molecule has 1 aromatic heterocycles. The maximum Gasteiger partial charge on any atom is 0.282 e. The standard InChI is InChI=1S/C23H19ClN2O4S/c1-13-6-7-14(11-16(13)24)25-21-20(19-5-4-10-31-19)22(27)26(23(21)28)17-12-15(29-2)8-9-18(17)30-3/h4-12,25H,1-3H3. The van der Waals surface area contributed by atoms with Gasteiger partial charge in [0.15, 0.2) is 0 Å². The van der Waals surface area contributed by atoms with Gasteiger partial charge >= 0.3 is 0 Å². The Morgan fingerprint density at radius 3 is 2.45 bits per heavy atom. The molecule has 3 aromatic rings. The van der Waals surface area contributed by atoms with Crippen molar-refractivity contribution < 1.29 is 19.1 Å². The number of amides is 2. The zero-order valence-corrected chi connectivity index (χ0v) is 18.6. The first-order valence-electron chi connectivity index (χ1n) is 9.36. The normalized spacial score (nSPS) is 13.7. The van der Waals surface area contributed by atoms with Crippen LogP contribution in [0.4, 0.5) is 11.4 Å². The van der Waals surface area contributed by atoms with E-state index in [2.05, 4.69) is 5.32 Å². The molecule has 2 amide bonds. The summed E-state index contributed by atoms with van der Waals surface area (Å²) in [6.07, 6.45) is 0. The van der Waals surface area contributed by atoms with Crippen LogP contribution >= 0.6 is 22.9 Å². The zero-order valence-electron chi connectivity index (χ0n) is 17.1. The molecule has 0 saturated heterocycles. The fourth-order valence-electron chi connectivity index (χ4n) is 3.30. The Labute approximate surface area is 188 Å². The number of benzene rings is 2. The van der Waals surface area contributed by atoms with Gasteiger partial charge in [0.1, 0.15) is 17.2 Å². The Balaban J connectivity index is 1.83. The molecule has 8 heteroatoms. The number of imide groups is 1. The van der Waals surface area contributed by atoms with Crippen LogP contribution in [0.3, 0.4) is 0 Å². The van der Waals surface area contributed by atoms with E-state index in [1.807, 2.05) is 30.5 Å². The fourth-order valence-corrected chi connectivity index (χ4v) is 4.25. The Hall–Kier alpha value is -3.29. The van der Waals surface area contributed by atoms with Gasteiger partial charge in [0.2, 0.25) is 0 Å². The second-order valence-electron chi connectivity index (χ2n) is 6.80. The molecule has 0 aliphatic carbocycles. The van der Waals surface area contributed by atoms with Crippen molar-refractivity contribution >= 4 is 51.7 Å². The number of halogens is 1. The summed E-state index contributed by atoms with van der Waals surface area (Å²) in [4.78, 5) is 28.8. The molecule has 0 bridgehead atoms. The highest BCUT2D eigenvalue weighted by molar-refractivity contribution is 7.11. The highest BCUT2D eigenvalue weighted by Crippen LogP contribution is 2.40. The summed E-state index contributed by atoms with van der Waals surface area (Å²) in [5.41, 5.74) is 2.31. The SMILES string of the molecule is COc1ccc(OC)c(N2C(=O)C(Nc3ccc(C)c(Cl)c3)=C(c3cccs3)C2=O)c1. The summed E-state index contributed by atoms with van der Waals surface area (Å²) in [6.45, 7) is 1.89. The van der Waals surface area contributed by atoms with E-state index in [4.69, 9.17) is 21.1 Å². The first-order chi connectivity index (χ1) is 14.9. The number of ether oxygens (including phenoxy) is 2. The van der Waals surface area contributed by atoms with Crippen LogP contribution in [0.1, 0.15) is 10.4 Å². The lowest BCUT2D eigenvalue weighted by Crippen LogP contribution is -2.32. The van der Waals surface area contributed by atoms with Crippen molar-refractivity contribution in [2.75, 3.05) is 24.4 Å². The van der Waals surface area contributed by atoms with Gasteiger partial charge in [-0.15, -0.1) is 11.3 Å². The molecule has 0 saturated carbocycles. The molecular formula is C23H19ClN2O4S. The molecule has 1 N–H and O–H groups in total. The third kappa shape index (κ3) is 3.78. The quantitative estimate of drug-likeness (QED) is 0.523. The van der Waals surface area contributed by atoms with Gasteiger partial charge in [-0.25, -0.2) is 4.90 Å². The average molecular weight is 455 g/mol. The number of thiophene rings is 1. The van der Waals surface area contributed by atoms with Crippen molar-refractivity contribution in [1.82, 2.24) is 0 Å². The molecule has 0 spiro atoms. The van der Waals surface area contributed by atoms with Crippen LogP contribution in [0.5, 0.6) is 11.5 Å². The van der Waals surface area contributed by atoms with E-state index in [0.717, 1.165) is 10.5 Å². The molecule has 0 radical (unpaired) electrons. The van der Waals surface area contributed by atoms with E-state index in [-0.39, 0.29) is 5.70 Å². The number of rotatable bonds is 6. The summed E-state index contributed by atoms with van der Waals surface area (Å²) in [6, 6.07) is 14.0. The Morgan fingerprint density at radius 2 is 1.81 bits per heavy atom. The van der Waals surface area contributed by atoms with E-state index in [0.29, 0.717) is 38.3 Å².